The summed E-state index contributed by atoms with van der Waals surface area (Å²) in [5.41, 5.74) is 0.878. The molecule has 16 heavy (non-hydrogen) atoms. The Hall–Kier alpha value is -0.800. The van der Waals surface area contributed by atoms with E-state index in [2.05, 4.69) is 30.2 Å². The van der Waals surface area contributed by atoms with Crippen LogP contribution in [-0.2, 0) is 0 Å². The summed E-state index contributed by atoms with van der Waals surface area (Å²) in [7, 11) is 0. The lowest BCUT2D eigenvalue weighted by atomic mass is 10.0. The molecule has 0 bridgehead atoms. The van der Waals surface area contributed by atoms with Gasteiger partial charge < -0.3 is 5.32 Å². The quantitative estimate of drug-likeness (QED) is 0.834. The number of nitrogens with one attached hydrogen (secondary N) is 1. The molecule has 1 heterocycles. The lowest BCUT2D eigenvalue weighted by Crippen LogP contribution is -2.38. The zero-order valence-corrected chi connectivity index (χ0v) is 11.2. The number of benzene rings is 1. The van der Waals surface area contributed by atoms with Gasteiger partial charge in [0.2, 0.25) is 0 Å². The molecule has 0 saturated heterocycles. The van der Waals surface area contributed by atoms with E-state index in [1.54, 1.807) is 11.3 Å². The second-order valence-corrected chi connectivity index (χ2v) is 6.13. The predicted octanol–water partition coefficient (Wildman–Crippen LogP) is 4.11. The molecule has 0 amide bonds. The Bertz CT molecular complexity index is 457. The zero-order valence-electron chi connectivity index (χ0n) is 9.62. The molecule has 2 nitrogen and oxygen atoms in total. The van der Waals surface area contributed by atoms with Crippen LogP contribution in [0.15, 0.2) is 24.3 Å². The maximum absolute atomic E-state index is 6.13. The number of thiazole rings is 1. The van der Waals surface area contributed by atoms with Crippen LogP contribution in [0.1, 0.15) is 20.8 Å². The van der Waals surface area contributed by atoms with Crippen molar-refractivity contribution in [1.29, 1.82) is 0 Å². The maximum atomic E-state index is 6.13. The molecule has 1 unspecified atom stereocenters. The van der Waals surface area contributed by atoms with Crippen LogP contribution in [0.5, 0.6) is 0 Å². The van der Waals surface area contributed by atoms with Crippen molar-refractivity contribution >= 4 is 38.3 Å². The highest BCUT2D eigenvalue weighted by Gasteiger charge is 2.24. The third-order valence-corrected chi connectivity index (χ3v) is 4.21. The van der Waals surface area contributed by atoms with Gasteiger partial charge in [-0.2, -0.15) is 0 Å². The highest BCUT2D eigenvalue weighted by molar-refractivity contribution is 7.22. The fourth-order valence-electron chi connectivity index (χ4n) is 1.30. The van der Waals surface area contributed by atoms with Crippen LogP contribution in [0.2, 0.25) is 0 Å². The average molecular weight is 255 g/mol. The van der Waals surface area contributed by atoms with Gasteiger partial charge in [-0.05, 0) is 32.9 Å². The largest absolute Gasteiger partial charge is 0.355 e. The van der Waals surface area contributed by atoms with Crippen molar-refractivity contribution in [3.05, 3.63) is 24.3 Å². The first-order valence-electron chi connectivity index (χ1n) is 5.27. The molecule has 1 atom stereocenters. The van der Waals surface area contributed by atoms with Gasteiger partial charge in [-0.15, -0.1) is 11.6 Å². The van der Waals surface area contributed by atoms with Crippen LogP contribution >= 0.6 is 22.9 Å². The molecule has 4 heteroatoms. The third kappa shape index (κ3) is 2.30. The number of alkyl halides is 1. The molecule has 1 aromatic carbocycles. The molecular formula is C12H15ClN2S. The van der Waals surface area contributed by atoms with Crippen LogP contribution in [0.25, 0.3) is 10.2 Å². The van der Waals surface area contributed by atoms with E-state index in [-0.39, 0.29) is 10.9 Å². The van der Waals surface area contributed by atoms with Crippen molar-refractivity contribution in [1.82, 2.24) is 4.98 Å². The van der Waals surface area contributed by atoms with Crippen LogP contribution in [-0.4, -0.2) is 15.9 Å². The Morgan fingerprint density at radius 1 is 1.38 bits per heavy atom. The lowest BCUT2D eigenvalue weighted by Gasteiger charge is -2.28. The SMILES string of the molecule is CC(Cl)C(C)(C)Nc1nc2ccccc2s1. The summed E-state index contributed by atoms with van der Waals surface area (Å²) in [6.07, 6.45) is 0. The number of hydrogen-bond acceptors (Lipinski definition) is 3. The average Bonchev–Trinajstić information content (AvgIpc) is 2.58. The molecule has 2 aromatic rings. The zero-order chi connectivity index (χ0) is 11.8. The topological polar surface area (TPSA) is 24.9 Å². The van der Waals surface area contributed by atoms with Crippen molar-refractivity contribution in [2.24, 2.45) is 0 Å². The van der Waals surface area contributed by atoms with Gasteiger partial charge in [0.25, 0.3) is 0 Å². The van der Waals surface area contributed by atoms with Crippen LogP contribution in [0.4, 0.5) is 5.13 Å². The molecule has 1 N–H and O–H groups in total. The van der Waals surface area contributed by atoms with E-state index in [0.717, 1.165) is 10.6 Å². The second kappa shape index (κ2) is 4.22. The van der Waals surface area contributed by atoms with Gasteiger partial charge >= 0.3 is 0 Å². The summed E-state index contributed by atoms with van der Waals surface area (Å²) >= 11 is 7.79. The first-order valence-corrected chi connectivity index (χ1v) is 6.52. The molecule has 0 aliphatic carbocycles. The fraction of sp³-hybridized carbons (Fsp3) is 0.417. The molecule has 0 aliphatic rings. The molecule has 0 radical (unpaired) electrons. The minimum absolute atomic E-state index is 0.0412. The van der Waals surface area contributed by atoms with Crippen molar-refractivity contribution in [2.45, 2.75) is 31.7 Å². The number of halogens is 1. The summed E-state index contributed by atoms with van der Waals surface area (Å²) in [5, 5.41) is 4.35. The van der Waals surface area contributed by atoms with Gasteiger partial charge in [0.05, 0.1) is 15.6 Å². The summed E-state index contributed by atoms with van der Waals surface area (Å²) < 4.78 is 1.20. The third-order valence-electron chi connectivity index (χ3n) is 2.72. The molecule has 0 saturated carbocycles. The van der Waals surface area contributed by atoms with Crippen LogP contribution in [0.3, 0.4) is 0 Å². The number of nitrogens with zero attached hydrogens (tertiary/aromatic N) is 1. The van der Waals surface area contributed by atoms with E-state index in [9.17, 15) is 0 Å². The molecular weight excluding hydrogens is 240 g/mol. The van der Waals surface area contributed by atoms with E-state index in [1.807, 2.05) is 25.1 Å². The minimum Gasteiger partial charge on any atom is -0.355 e. The van der Waals surface area contributed by atoms with Gasteiger partial charge in [0, 0.05) is 5.54 Å². The van der Waals surface area contributed by atoms with Gasteiger partial charge in [0.15, 0.2) is 5.13 Å². The minimum atomic E-state index is -0.157. The van der Waals surface area contributed by atoms with Crippen molar-refractivity contribution in [2.75, 3.05) is 5.32 Å². The summed E-state index contributed by atoms with van der Waals surface area (Å²) in [6.45, 7) is 6.15. The Balaban J connectivity index is 2.28. The number of fused-ring (bicyclic) bond motifs is 1. The van der Waals surface area contributed by atoms with Gasteiger partial charge in [-0.25, -0.2) is 4.98 Å². The smallest absolute Gasteiger partial charge is 0.184 e. The molecule has 86 valence electrons. The number of aromatic nitrogens is 1. The molecule has 0 spiro atoms. The van der Waals surface area contributed by atoms with Crippen LogP contribution in [0, 0.1) is 0 Å². The monoisotopic (exact) mass is 254 g/mol. The second-order valence-electron chi connectivity index (χ2n) is 4.45. The normalized spacial score (nSPS) is 14.0. The number of hydrogen-bond donors (Lipinski definition) is 1. The standard InChI is InChI=1S/C12H15ClN2S/c1-8(13)12(2,3)15-11-14-9-6-4-5-7-10(9)16-11/h4-8H,1-3H3,(H,14,15). The Morgan fingerprint density at radius 2 is 2.06 bits per heavy atom. The molecule has 0 fully saturated rings. The maximum Gasteiger partial charge on any atom is 0.184 e. The summed E-state index contributed by atoms with van der Waals surface area (Å²) in [4.78, 5) is 4.53. The van der Waals surface area contributed by atoms with E-state index in [1.165, 1.54) is 4.70 Å². The number of rotatable bonds is 3. The van der Waals surface area contributed by atoms with Crippen molar-refractivity contribution in [3.63, 3.8) is 0 Å². The van der Waals surface area contributed by atoms with E-state index in [0.29, 0.717) is 0 Å². The Labute approximate surface area is 105 Å². The predicted molar refractivity (Wildman–Crippen MR) is 72.6 cm³/mol. The lowest BCUT2D eigenvalue weighted by molar-refractivity contribution is 0.555. The van der Waals surface area contributed by atoms with Crippen LogP contribution < -0.4 is 5.32 Å². The van der Waals surface area contributed by atoms with E-state index < -0.39 is 0 Å². The van der Waals surface area contributed by atoms with Crippen molar-refractivity contribution in [3.8, 4) is 0 Å². The first-order chi connectivity index (χ1) is 7.49. The number of para-hydroxylation sites is 1. The number of anilines is 1. The molecule has 1 aromatic heterocycles. The van der Waals surface area contributed by atoms with Gasteiger partial charge in [0.1, 0.15) is 0 Å². The van der Waals surface area contributed by atoms with Crippen molar-refractivity contribution < 1.29 is 0 Å². The Kier molecular flexibility index (Phi) is 3.08. The highest BCUT2D eigenvalue weighted by atomic mass is 35.5. The Morgan fingerprint density at radius 3 is 2.69 bits per heavy atom. The molecule has 2 rings (SSSR count). The fourth-order valence-corrected chi connectivity index (χ4v) is 2.39. The molecule has 0 aliphatic heterocycles. The van der Waals surface area contributed by atoms with Gasteiger partial charge in [-0.1, -0.05) is 23.5 Å². The highest BCUT2D eigenvalue weighted by Crippen LogP contribution is 2.29. The first kappa shape index (κ1) is 11.7. The van der Waals surface area contributed by atoms with E-state index in [4.69, 9.17) is 11.6 Å². The van der Waals surface area contributed by atoms with E-state index >= 15 is 0 Å². The van der Waals surface area contributed by atoms with Gasteiger partial charge in [-0.3, -0.25) is 0 Å². The summed E-state index contributed by atoms with van der Waals surface area (Å²) in [6, 6.07) is 8.13. The summed E-state index contributed by atoms with van der Waals surface area (Å²) in [5.74, 6) is 0.